The van der Waals surface area contributed by atoms with E-state index in [1.54, 1.807) is 14.2 Å². The van der Waals surface area contributed by atoms with Crippen LogP contribution in [0.3, 0.4) is 0 Å². The highest BCUT2D eigenvalue weighted by Crippen LogP contribution is 2.27. The Bertz CT molecular complexity index is 357. The van der Waals surface area contributed by atoms with E-state index in [-0.39, 0.29) is 6.10 Å². The number of rotatable bonds is 7. The molecule has 1 unspecified atom stereocenters. The Hall–Kier alpha value is -0.720. The molecule has 0 radical (unpaired) electrons. The summed E-state index contributed by atoms with van der Waals surface area (Å²) in [7, 11) is 3.32. The van der Waals surface area contributed by atoms with Crippen molar-refractivity contribution in [1.29, 1.82) is 0 Å². The molecule has 0 amide bonds. The lowest BCUT2D eigenvalue weighted by Crippen LogP contribution is -2.12. The number of halogens is 1. The van der Waals surface area contributed by atoms with E-state index in [1.807, 2.05) is 13.8 Å². The predicted molar refractivity (Wildman–Crippen MR) is 74.6 cm³/mol. The van der Waals surface area contributed by atoms with Gasteiger partial charge in [-0.25, -0.2) is 9.97 Å². The summed E-state index contributed by atoms with van der Waals surface area (Å²) in [6.45, 7) is 5.31. The van der Waals surface area contributed by atoms with Gasteiger partial charge in [-0.2, -0.15) is 0 Å². The number of ether oxygens (including phenoxy) is 2. The summed E-state index contributed by atoms with van der Waals surface area (Å²) in [6.07, 6.45) is 0.738. The minimum Gasteiger partial charge on any atom is -0.378 e. The summed E-state index contributed by atoms with van der Waals surface area (Å²) in [5, 5.41) is 3.21. The molecule has 0 spiro atoms. The zero-order valence-electron chi connectivity index (χ0n) is 11.3. The van der Waals surface area contributed by atoms with Crippen LogP contribution < -0.4 is 5.32 Å². The first-order valence-corrected chi connectivity index (χ1v) is 6.79. The van der Waals surface area contributed by atoms with Crippen LogP contribution in [0.4, 0.5) is 5.82 Å². The van der Waals surface area contributed by atoms with Gasteiger partial charge in [0, 0.05) is 20.8 Å². The Kier molecular flexibility index (Phi) is 6.52. The molecule has 0 bridgehead atoms. The molecule has 0 aliphatic heterocycles. The summed E-state index contributed by atoms with van der Waals surface area (Å²) in [6, 6.07) is 0. The molecule has 5 nitrogen and oxygen atoms in total. The predicted octanol–water partition coefficient (Wildman–Crippen LogP) is 2.91. The molecule has 1 aromatic rings. The fraction of sp³-hybridized carbons (Fsp3) is 0.667. The molecule has 1 heterocycles. The second-order valence-corrected chi connectivity index (χ2v) is 4.58. The third kappa shape index (κ3) is 3.63. The van der Waals surface area contributed by atoms with Gasteiger partial charge in [-0.05, 0) is 29.3 Å². The van der Waals surface area contributed by atoms with Gasteiger partial charge in [0.05, 0.1) is 16.8 Å². The Balaban J connectivity index is 3.18. The van der Waals surface area contributed by atoms with Crippen LogP contribution in [0.2, 0.25) is 0 Å². The summed E-state index contributed by atoms with van der Waals surface area (Å²) >= 11 is 3.50. The molecule has 18 heavy (non-hydrogen) atoms. The maximum Gasteiger partial charge on any atom is 0.159 e. The number of hydrogen-bond acceptors (Lipinski definition) is 5. The van der Waals surface area contributed by atoms with Crippen LogP contribution in [-0.4, -0.2) is 30.7 Å². The highest BCUT2D eigenvalue weighted by molar-refractivity contribution is 9.10. The van der Waals surface area contributed by atoms with E-state index in [1.165, 1.54) is 0 Å². The molecule has 0 saturated carbocycles. The molecule has 1 N–H and O–H groups in total. The van der Waals surface area contributed by atoms with Crippen LogP contribution in [0.25, 0.3) is 0 Å². The molecule has 1 rings (SSSR count). The molecule has 1 aromatic heterocycles. The van der Waals surface area contributed by atoms with Crippen molar-refractivity contribution in [2.24, 2.45) is 0 Å². The zero-order valence-corrected chi connectivity index (χ0v) is 12.9. The van der Waals surface area contributed by atoms with Crippen molar-refractivity contribution >= 4 is 21.7 Å². The standard InChI is InChI=1S/C12H20BrN3O2/c1-5-9(18-4)11-15-8(7-17-3)10(13)12(16-11)14-6-2/h9H,5-7H2,1-4H3,(H,14,15,16). The average molecular weight is 318 g/mol. The third-order valence-corrected chi connectivity index (χ3v) is 3.34. The van der Waals surface area contributed by atoms with Crippen molar-refractivity contribution in [3.05, 3.63) is 16.0 Å². The van der Waals surface area contributed by atoms with Gasteiger partial charge in [-0.1, -0.05) is 6.92 Å². The molecular formula is C12H20BrN3O2. The van der Waals surface area contributed by atoms with Gasteiger partial charge in [-0.15, -0.1) is 0 Å². The monoisotopic (exact) mass is 317 g/mol. The van der Waals surface area contributed by atoms with Gasteiger partial charge in [0.1, 0.15) is 11.9 Å². The van der Waals surface area contributed by atoms with Crippen LogP contribution in [0.1, 0.15) is 37.9 Å². The number of nitrogens with one attached hydrogen (secondary N) is 1. The Labute approximate surface area is 116 Å². The molecule has 102 valence electrons. The molecule has 0 aliphatic carbocycles. The lowest BCUT2D eigenvalue weighted by molar-refractivity contribution is 0.0917. The van der Waals surface area contributed by atoms with Gasteiger partial charge < -0.3 is 14.8 Å². The first kappa shape index (κ1) is 15.3. The Morgan fingerprint density at radius 2 is 2.00 bits per heavy atom. The van der Waals surface area contributed by atoms with Crippen molar-refractivity contribution < 1.29 is 9.47 Å². The fourth-order valence-electron chi connectivity index (χ4n) is 1.63. The van der Waals surface area contributed by atoms with E-state index in [0.29, 0.717) is 12.4 Å². The zero-order chi connectivity index (χ0) is 13.5. The maximum atomic E-state index is 5.38. The van der Waals surface area contributed by atoms with E-state index in [9.17, 15) is 0 Å². The van der Waals surface area contributed by atoms with E-state index < -0.39 is 0 Å². The van der Waals surface area contributed by atoms with Gasteiger partial charge in [0.15, 0.2) is 5.82 Å². The first-order chi connectivity index (χ1) is 8.67. The van der Waals surface area contributed by atoms with Crippen LogP contribution in [0.5, 0.6) is 0 Å². The summed E-state index contributed by atoms with van der Waals surface area (Å²) in [5.74, 6) is 1.47. The normalized spacial score (nSPS) is 12.5. The average Bonchev–Trinajstić information content (AvgIpc) is 2.36. The first-order valence-electron chi connectivity index (χ1n) is 5.99. The van der Waals surface area contributed by atoms with Gasteiger partial charge >= 0.3 is 0 Å². The number of hydrogen-bond donors (Lipinski definition) is 1. The number of aromatic nitrogens is 2. The maximum absolute atomic E-state index is 5.38. The largest absolute Gasteiger partial charge is 0.378 e. The van der Waals surface area contributed by atoms with Crippen molar-refractivity contribution in [1.82, 2.24) is 9.97 Å². The molecule has 6 heteroatoms. The summed E-state index contributed by atoms with van der Waals surface area (Å²) in [5.41, 5.74) is 0.828. The molecular weight excluding hydrogens is 298 g/mol. The second-order valence-electron chi connectivity index (χ2n) is 3.79. The fourth-order valence-corrected chi connectivity index (χ4v) is 2.06. The topological polar surface area (TPSA) is 56.3 Å². The lowest BCUT2D eigenvalue weighted by Gasteiger charge is -2.16. The van der Waals surface area contributed by atoms with E-state index in [4.69, 9.17) is 9.47 Å². The second kappa shape index (κ2) is 7.66. The SMILES string of the molecule is CCNc1nc(C(CC)OC)nc(COC)c1Br. The van der Waals surface area contributed by atoms with Gasteiger partial charge in [-0.3, -0.25) is 0 Å². The van der Waals surface area contributed by atoms with E-state index in [0.717, 1.165) is 29.0 Å². The third-order valence-electron chi connectivity index (χ3n) is 2.51. The molecule has 0 fully saturated rings. The Morgan fingerprint density at radius 1 is 1.28 bits per heavy atom. The number of methoxy groups -OCH3 is 2. The summed E-state index contributed by atoms with van der Waals surface area (Å²) < 4.78 is 11.4. The van der Waals surface area contributed by atoms with Crippen molar-refractivity contribution in [2.45, 2.75) is 33.0 Å². The van der Waals surface area contributed by atoms with E-state index in [2.05, 4.69) is 31.2 Å². The van der Waals surface area contributed by atoms with Crippen LogP contribution >= 0.6 is 15.9 Å². The lowest BCUT2D eigenvalue weighted by atomic mass is 10.2. The molecule has 0 saturated heterocycles. The number of anilines is 1. The quantitative estimate of drug-likeness (QED) is 0.838. The molecule has 0 aliphatic rings. The van der Waals surface area contributed by atoms with E-state index >= 15 is 0 Å². The highest BCUT2D eigenvalue weighted by atomic mass is 79.9. The van der Waals surface area contributed by atoms with Crippen molar-refractivity contribution in [2.75, 3.05) is 26.1 Å². The van der Waals surface area contributed by atoms with Crippen LogP contribution in [0, 0.1) is 0 Å². The highest BCUT2D eigenvalue weighted by Gasteiger charge is 2.17. The number of nitrogens with zero attached hydrogens (tertiary/aromatic N) is 2. The van der Waals surface area contributed by atoms with Gasteiger partial charge in [0.25, 0.3) is 0 Å². The minimum atomic E-state index is -0.0916. The Morgan fingerprint density at radius 3 is 2.50 bits per heavy atom. The van der Waals surface area contributed by atoms with Gasteiger partial charge in [0.2, 0.25) is 0 Å². The molecule has 1 atom stereocenters. The minimum absolute atomic E-state index is 0.0916. The van der Waals surface area contributed by atoms with Crippen LogP contribution in [0.15, 0.2) is 4.47 Å². The van der Waals surface area contributed by atoms with Crippen molar-refractivity contribution in [3.8, 4) is 0 Å². The smallest absolute Gasteiger partial charge is 0.159 e. The van der Waals surface area contributed by atoms with Crippen LogP contribution in [-0.2, 0) is 16.1 Å². The molecule has 0 aromatic carbocycles. The summed E-state index contributed by atoms with van der Waals surface area (Å²) in [4.78, 5) is 9.00. The van der Waals surface area contributed by atoms with Crippen molar-refractivity contribution in [3.63, 3.8) is 0 Å².